The van der Waals surface area contributed by atoms with Crippen molar-refractivity contribution in [1.29, 1.82) is 0 Å². The van der Waals surface area contributed by atoms with Gasteiger partial charge in [-0.05, 0) is 48.0 Å². The van der Waals surface area contributed by atoms with Crippen LogP contribution < -0.4 is 20.3 Å². The zero-order valence-electron chi connectivity index (χ0n) is 24.9. The summed E-state index contributed by atoms with van der Waals surface area (Å²) in [5.74, 6) is -2.05. The molecule has 1 aliphatic heterocycles. The van der Waals surface area contributed by atoms with Crippen LogP contribution in [0.3, 0.4) is 0 Å². The molecule has 0 saturated carbocycles. The zero-order valence-corrected chi connectivity index (χ0v) is 26.5. The molecule has 0 aliphatic carbocycles. The van der Waals surface area contributed by atoms with Gasteiger partial charge in [-0.25, -0.2) is 21.6 Å². The Morgan fingerprint density at radius 3 is 2.21 bits per heavy atom. The van der Waals surface area contributed by atoms with E-state index < -0.39 is 50.6 Å². The van der Waals surface area contributed by atoms with E-state index in [4.69, 9.17) is 18.0 Å². The van der Waals surface area contributed by atoms with Crippen molar-refractivity contribution in [2.24, 2.45) is 0 Å². The van der Waals surface area contributed by atoms with Crippen LogP contribution >= 0.6 is 0 Å². The summed E-state index contributed by atoms with van der Waals surface area (Å²) in [6.45, 7) is 5.08. The average Bonchev–Trinajstić information content (AvgIpc) is 3.52. The third kappa shape index (κ3) is 8.68. The molecule has 0 spiro atoms. The van der Waals surface area contributed by atoms with Gasteiger partial charge in [-0.3, -0.25) is 18.6 Å². The van der Waals surface area contributed by atoms with Gasteiger partial charge in [-0.2, -0.15) is 13.2 Å². The lowest BCUT2D eigenvalue weighted by Gasteiger charge is -2.29. The highest BCUT2D eigenvalue weighted by Crippen LogP contribution is 2.35. The van der Waals surface area contributed by atoms with Gasteiger partial charge in [0, 0.05) is 48.3 Å². The number of hydrogen-bond acceptors (Lipinski definition) is 7. The normalized spacial score (nSPS) is 14.1. The molecule has 0 bridgehead atoms. The Morgan fingerprint density at radius 2 is 1.65 bits per heavy atom. The summed E-state index contributed by atoms with van der Waals surface area (Å²) >= 11 is -3.68. The summed E-state index contributed by atoms with van der Waals surface area (Å²) in [5, 5.41) is 7.31. The fourth-order valence-corrected chi connectivity index (χ4v) is 5.11. The predicted octanol–water partition coefficient (Wildman–Crippen LogP) is 6.30. The highest BCUT2D eigenvalue weighted by atomic mass is 32.2. The SMILES string of the molecule is CC.O=S(O)C(F)(F)F.O=c1ccc2cc(S(=O)Nc3ccon3)ccc2n1-c1cc(F)c(-c2cc(F)cc(F)c2)cc1OC1CNC1. The van der Waals surface area contributed by atoms with Crippen molar-refractivity contribution in [3.05, 3.63) is 101 Å². The van der Waals surface area contributed by atoms with Gasteiger partial charge in [0.2, 0.25) is 0 Å². The molecule has 6 rings (SSSR count). The van der Waals surface area contributed by atoms with Crippen molar-refractivity contribution in [3.63, 3.8) is 0 Å². The van der Waals surface area contributed by atoms with Crippen LogP contribution in [-0.4, -0.2) is 47.4 Å². The topological polar surface area (TPSA) is 136 Å². The number of fused-ring (bicyclic) bond motifs is 1. The maximum atomic E-state index is 15.5. The summed E-state index contributed by atoms with van der Waals surface area (Å²) in [6, 6.07) is 14.4. The van der Waals surface area contributed by atoms with Crippen molar-refractivity contribution in [2.45, 2.75) is 30.4 Å². The molecule has 3 N–H and O–H groups in total. The van der Waals surface area contributed by atoms with E-state index in [2.05, 4.69) is 15.2 Å². The predicted molar refractivity (Wildman–Crippen MR) is 167 cm³/mol. The number of ether oxygens (including phenoxy) is 1. The van der Waals surface area contributed by atoms with E-state index in [0.29, 0.717) is 40.8 Å². The van der Waals surface area contributed by atoms with E-state index in [1.807, 2.05) is 13.8 Å². The second-order valence-corrected chi connectivity index (χ2v) is 11.7. The summed E-state index contributed by atoms with van der Waals surface area (Å²) < 4.78 is 119. The maximum absolute atomic E-state index is 15.5. The fraction of sp³-hybridized carbons (Fsp3) is 0.200. The first kappa shape index (κ1) is 36.3. The molecule has 48 heavy (non-hydrogen) atoms. The molecule has 18 heteroatoms. The van der Waals surface area contributed by atoms with Crippen LogP contribution in [0.15, 0.2) is 87.2 Å². The quantitative estimate of drug-likeness (QED) is 0.132. The van der Waals surface area contributed by atoms with Gasteiger partial charge >= 0.3 is 5.51 Å². The van der Waals surface area contributed by atoms with Gasteiger partial charge in [0.05, 0.1) is 16.1 Å². The molecular formula is C30H26F6N4O6S2. The number of nitrogens with one attached hydrogen (secondary N) is 2. The Labute approximate surface area is 273 Å². The summed E-state index contributed by atoms with van der Waals surface area (Å²) in [5.41, 5.74) is -5.00. The van der Waals surface area contributed by atoms with Crippen molar-refractivity contribution < 1.29 is 48.6 Å². The minimum absolute atomic E-state index is 0.00913. The Bertz CT molecular complexity index is 1980. The number of hydrogen-bond donors (Lipinski definition) is 3. The standard InChI is InChI=1S/C27H19F3N4O4S.C2H6.CHF3O2S/c28-17-7-16(8-18(29)10-17)21-11-25(38-19-13-31-14-19)24(12-22(21)30)34-23-3-2-20(9-15(23)1-4-27(34)35)39(36)33-26-5-6-37-32-26;1-2;2-1(3,4)7(5)6/h1-12,19,31H,13-14H2,(H,32,33);1-2H3;(H,5,6). The molecule has 0 radical (unpaired) electrons. The van der Waals surface area contributed by atoms with E-state index in [1.165, 1.54) is 29.0 Å². The minimum Gasteiger partial charge on any atom is -0.486 e. The molecule has 1 fully saturated rings. The monoisotopic (exact) mass is 716 g/mol. The zero-order chi connectivity index (χ0) is 35.2. The Kier molecular flexibility index (Phi) is 11.8. The van der Waals surface area contributed by atoms with Gasteiger partial charge in [-0.15, -0.1) is 0 Å². The first-order chi connectivity index (χ1) is 22.8. The number of alkyl halides is 3. The van der Waals surface area contributed by atoms with Gasteiger partial charge in [0.1, 0.15) is 35.6 Å². The van der Waals surface area contributed by atoms with Crippen molar-refractivity contribution in [3.8, 4) is 22.6 Å². The molecule has 3 aromatic carbocycles. The van der Waals surface area contributed by atoms with E-state index >= 15 is 4.39 Å². The molecule has 3 heterocycles. The third-order valence-electron chi connectivity index (χ3n) is 6.41. The van der Waals surface area contributed by atoms with Gasteiger partial charge in [-0.1, -0.05) is 19.0 Å². The number of nitrogens with zero attached hydrogens (tertiary/aromatic N) is 2. The van der Waals surface area contributed by atoms with Gasteiger partial charge in [0.15, 0.2) is 16.8 Å². The van der Waals surface area contributed by atoms with Crippen LogP contribution in [0.1, 0.15) is 13.8 Å². The second kappa shape index (κ2) is 15.6. The molecule has 1 saturated heterocycles. The molecule has 2 aromatic heterocycles. The minimum atomic E-state index is -4.97. The van der Waals surface area contributed by atoms with Gasteiger partial charge < -0.3 is 14.6 Å². The summed E-state index contributed by atoms with van der Waals surface area (Å²) in [6.07, 6.45) is 1.10. The lowest BCUT2D eigenvalue weighted by molar-refractivity contribution is -0.0446. The van der Waals surface area contributed by atoms with Crippen molar-refractivity contribution >= 4 is 38.8 Å². The number of anilines is 1. The number of halogens is 6. The summed E-state index contributed by atoms with van der Waals surface area (Å²) in [4.78, 5) is 13.5. The van der Waals surface area contributed by atoms with Crippen LogP contribution in [0.4, 0.5) is 32.2 Å². The van der Waals surface area contributed by atoms with E-state index in [1.54, 1.807) is 24.3 Å². The highest BCUT2D eigenvalue weighted by Gasteiger charge is 2.35. The number of rotatable bonds is 7. The van der Waals surface area contributed by atoms with Crippen molar-refractivity contribution in [1.82, 2.24) is 15.0 Å². The molecule has 2 unspecified atom stereocenters. The molecule has 256 valence electrons. The smallest absolute Gasteiger partial charge is 0.486 e. The Morgan fingerprint density at radius 1 is 0.979 bits per heavy atom. The second-order valence-electron chi connectivity index (χ2n) is 9.53. The van der Waals surface area contributed by atoms with Crippen LogP contribution in [0.5, 0.6) is 5.75 Å². The lowest BCUT2D eigenvalue weighted by Crippen LogP contribution is -2.50. The van der Waals surface area contributed by atoms with Crippen LogP contribution in [0.2, 0.25) is 0 Å². The first-order valence-corrected chi connectivity index (χ1v) is 16.2. The van der Waals surface area contributed by atoms with E-state index in [0.717, 1.165) is 18.2 Å². The molecule has 0 amide bonds. The number of pyridine rings is 1. The number of benzene rings is 3. The largest absolute Gasteiger partial charge is 0.496 e. The van der Waals surface area contributed by atoms with Crippen LogP contribution in [0.25, 0.3) is 27.7 Å². The average molecular weight is 717 g/mol. The third-order valence-corrected chi connectivity index (χ3v) is 7.89. The molecule has 2 atom stereocenters. The molecule has 10 nitrogen and oxygen atoms in total. The van der Waals surface area contributed by atoms with Crippen molar-refractivity contribution in [2.75, 3.05) is 17.8 Å². The first-order valence-electron chi connectivity index (χ1n) is 13.9. The van der Waals surface area contributed by atoms with Gasteiger partial charge in [0.25, 0.3) is 16.6 Å². The summed E-state index contributed by atoms with van der Waals surface area (Å²) in [7, 11) is -1.68. The Balaban J connectivity index is 0.000000516. The highest BCUT2D eigenvalue weighted by molar-refractivity contribution is 7.86. The molecule has 1 aliphatic rings. The maximum Gasteiger partial charge on any atom is 0.496 e. The number of aromatic nitrogens is 2. The lowest BCUT2D eigenvalue weighted by atomic mass is 10.0. The van der Waals surface area contributed by atoms with Crippen LogP contribution in [-0.2, 0) is 22.1 Å². The fourth-order valence-electron chi connectivity index (χ4n) is 4.27. The molecular weight excluding hydrogens is 690 g/mol. The Hall–Kier alpha value is -4.52. The molecule has 5 aromatic rings. The van der Waals surface area contributed by atoms with E-state index in [9.17, 15) is 31.0 Å². The van der Waals surface area contributed by atoms with Crippen LogP contribution in [0, 0.1) is 17.5 Å². The van der Waals surface area contributed by atoms with E-state index in [-0.39, 0.29) is 28.7 Å².